The zero-order valence-electron chi connectivity index (χ0n) is 11.7. The maximum absolute atomic E-state index is 12.4. The quantitative estimate of drug-likeness (QED) is 0.724. The number of hydrogen-bond acceptors (Lipinski definition) is 5. The van der Waals surface area contributed by atoms with Gasteiger partial charge in [-0.3, -0.25) is 4.79 Å². The fraction of sp³-hybridized carbons (Fsp3) is 0.429. The second-order valence-electron chi connectivity index (χ2n) is 3.96. The Morgan fingerprint density at radius 3 is 2.57 bits per heavy atom. The molecule has 0 heterocycles. The standard InChI is InChI=1S/C14H16F2O5/c1-3-20-13(18)10-5-4-6-11(21-14(15)16)9(10)7-8-12(17)19-2/h4-6,14H,3,7-8H2,1-2H3. The molecule has 0 unspecified atom stereocenters. The van der Waals surface area contributed by atoms with Gasteiger partial charge in [-0.05, 0) is 25.5 Å². The molecule has 116 valence electrons. The molecule has 0 radical (unpaired) electrons. The van der Waals surface area contributed by atoms with E-state index in [9.17, 15) is 18.4 Å². The summed E-state index contributed by atoms with van der Waals surface area (Å²) in [6, 6.07) is 4.15. The molecule has 5 nitrogen and oxygen atoms in total. The Balaban J connectivity index is 3.10. The van der Waals surface area contributed by atoms with E-state index in [1.807, 2.05) is 0 Å². The van der Waals surface area contributed by atoms with Crippen LogP contribution in [-0.2, 0) is 20.7 Å². The average molecular weight is 302 g/mol. The van der Waals surface area contributed by atoms with Gasteiger partial charge in [-0.2, -0.15) is 8.78 Å². The molecule has 0 aliphatic heterocycles. The van der Waals surface area contributed by atoms with Crippen molar-refractivity contribution in [1.82, 2.24) is 0 Å². The summed E-state index contributed by atoms with van der Waals surface area (Å²) in [5.41, 5.74) is 0.292. The van der Waals surface area contributed by atoms with Crippen LogP contribution in [0.3, 0.4) is 0 Å². The summed E-state index contributed by atoms with van der Waals surface area (Å²) in [5, 5.41) is 0. The minimum absolute atomic E-state index is 0.0315. The molecule has 0 fully saturated rings. The molecule has 21 heavy (non-hydrogen) atoms. The van der Waals surface area contributed by atoms with Crippen molar-refractivity contribution in [3.05, 3.63) is 29.3 Å². The van der Waals surface area contributed by atoms with Gasteiger partial charge in [0.25, 0.3) is 0 Å². The van der Waals surface area contributed by atoms with E-state index < -0.39 is 18.6 Å². The van der Waals surface area contributed by atoms with Crippen LogP contribution in [-0.4, -0.2) is 32.3 Å². The van der Waals surface area contributed by atoms with Crippen LogP contribution in [0, 0.1) is 0 Å². The first-order valence-electron chi connectivity index (χ1n) is 6.30. The Labute approximate surface area is 120 Å². The van der Waals surface area contributed by atoms with Gasteiger partial charge in [-0.1, -0.05) is 6.07 Å². The topological polar surface area (TPSA) is 61.8 Å². The van der Waals surface area contributed by atoms with Crippen molar-refractivity contribution in [2.24, 2.45) is 0 Å². The maximum Gasteiger partial charge on any atom is 0.387 e. The largest absolute Gasteiger partial charge is 0.469 e. The second kappa shape index (κ2) is 8.18. The van der Waals surface area contributed by atoms with Crippen molar-refractivity contribution in [3.63, 3.8) is 0 Å². The highest BCUT2D eigenvalue weighted by molar-refractivity contribution is 5.92. The number of halogens is 2. The zero-order chi connectivity index (χ0) is 15.8. The van der Waals surface area contributed by atoms with Crippen LogP contribution in [0.1, 0.15) is 29.3 Å². The number of carbonyl (C=O) groups is 2. The van der Waals surface area contributed by atoms with Crippen LogP contribution >= 0.6 is 0 Å². The Morgan fingerprint density at radius 1 is 1.29 bits per heavy atom. The predicted molar refractivity (Wildman–Crippen MR) is 69.4 cm³/mol. The van der Waals surface area contributed by atoms with Crippen molar-refractivity contribution in [2.45, 2.75) is 26.4 Å². The molecule has 1 aromatic carbocycles. The van der Waals surface area contributed by atoms with Gasteiger partial charge in [-0.25, -0.2) is 4.79 Å². The fourth-order valence-electron chi connectivity index (χ4n) is 1.76. The normalized spacial score (nSPS) is 10.3. The highest BCUT2D eigenvalue weighted by atomic mass is 19.3. The van der Waals surface area contributed by atoms with Crippen molar-refractivity contribution in [1.29, 1.82) is 0 Å². The van der Waals surface area contributed by atoms with Gasteiger partial charge in [-0.15, -0.1) is 0 Å². The molecule has 0 saturated heterocycles. The maximum atomic E-state index is 12.4. The molecule has 0 bridgehead atoms. The number of hydrogen-bond donors (Lipinski definition) is 0. The lowest BCUT2D eigenvalue weighted by Crippen LogP contribution is -2.13. The van der Waals surface area contributed by atoms with Crippen LogP contribution in [0.4, 0.5) is 8.78 Å². The van der Waals surface area contributed by atoms with Gasteiger partial charge in [0.1, 0.15) is 5.75 Å². The number of alkyl halides is 2. The van der Waals surface area contributed by atoms with Gasteiger partial charge in [0.15, 0.2) is 0 Å². The Bertz CT molecular complexity index is 502. The highest BCUT2D eigenvalue weighted by Crippen LogP contribution is 2.26. The summed E-state index contributed by atoms with van der Waals surface area (Å²) in [4.78, 5) is 23.0. The van der Waals surface area contributed by atoms with Crippen LogP contribution in [0.5, 0.6) is 5.75 Å². The first kappa shape index (κ1) is 16.9. The average Bonchev–Trinajstić information content (AvgIpc) is 2.44. The van der Waals surface area contributed by atoms with Gasteiger partial charge in [0.2, 0.25) is 0 Å². The van der Waals surface area contributed by atoms with E-state index in [0.29, 0.717) is 0 Å². The molecular formula is C14H16F2O5. The van der Waals surface area contributed by atoms with Gasteiger partial charge < -0.3 is 14.2 Å². The van der Waals surface area contributed by atoms with E-state index in [4.69, 9.17) is 4.74 Å². The van der Waals surface area contributed by atoms with E-state index in [0.717, 1.165) is 0 Å². The number of rotatable bonds is 7. The van der Waals surface area contributed by atoms with Crippen molar-refractivity contribution < 1.29 is 32.6 Å². The molecule has 0 spiro atoms. The summed E-state index contributed by atoms with van der Waals surface area (Å²) in [6.07, 6.45) is -0.0315. The summed E-state index contributed by atoms with van der Waals surface area (Å²) < 4.78 is 38.6. The molecule has 0 aliphatic rings. The van der Waals surface area contributed by atoms with E-state index >= 15 is 0 Å². The molecule has 0 atom stereocenters. The molecular weight excluding hydrogens is 286 g/mol. The molecule has 0 N–H and O–H groups in total. The third kappa shape index (κ3) is 5.02. The lowest BCUT2D eigenvalue weighted by Gasteiger charge is -2.14. The lowest BCUT2D eigenvalue weighted by molar-refractivity contribution is -0.140. The first-order valence-corrected chi connectivity index (χ1v) is 6.30. The van der Waals surface area contributed by atoms with Crippen LogP contribution in [0.2, 0.25) is 0 Å². The third-order valence-corrected chi connectivity index (χ3v) is 2.65. The minimum Gasteiger partial charge on any atom is -0.469 e. The van der Waals surface area contributed by atoms with Crippen LogP contribution < -0.4 is 4.74 Å². The smallest absolute Gasteiger partial charge is 0.387 e. The second-order valence-corrected chi connectivity index (χ2v) is 3.96. The fourth-order valence-corrected chi connectivity index (χ4v) is 1.76. The molecule has 1 rings (SSSR count). The third-order valence-electron chi connectivity index (χ3n) is 2.65. The Kier molecular flexibility index (Phi) is 6.58. The van der Waals surface area contributed by atoms with Gasteiger partial charge >= 0.3 is 18.6 Å². The Hall–Kier alpha value is -2.18. The number of carbonyl (C=O) groups excluding carboxylic acids is 2. The minimum atomic E-state index is -3.03. The number of benzene rings is 1. The monoisotopic (exact) mass is 302 g/mol. The summed E-state index contributed by atoms with van der Waals surface area (Å²) >= 11 is 0. The highest BCUT2D eigenvalue weighted by Gasteiger charge is 2.19. The van der Waals surface area contributed by atoms with E-state index in [1.165, 1.54) is 25.3 Å². The first-order chi connectivity index (χ1) is 9.99. The molecule has 0 saturated carbocycles. The number of esters is 2. The van der Waals surface area contributed by atoms with Gasteiger partial charge in [0.05, 0.1) is 19.3 Å². The van der Waals surface area contributed by atoms with Crippen molar-refractivity contribution in [3.8, 4) is 5.75 Å². The van der Waals surface area contributed by atoms with Crippen LogP contribution in [0.25, 0.3) is 0 Å². The molecule has 0 aromatic heterocycles. The SMILES string of the molecule is CCOC(=O)c1cccc(OC(F)F)c1CCC(=O)OC. The number of methoxy groups -OCH3 is 1. The van der Waals surface area contributed by atoms with E-state index in [1.54, 1.807) is 6.92 Å². The molecule has 0 amide bonds. The van der Waals surface area contributed by atoms with Crippen molar-refractivity contribution >= 4 is 11.9 Å². The van der Waals surface area contributed by atoms with E-state index in [-0.39, 0.29) is 36.3 Å². The summed E-state index contributed by atoms with van der Waals surface area (Å²) in [5.74, 6) is -1.33. The number of ether oxygens (including phenoxy) is 3. The molecule has 1 aromatic rings. The predicted octanol–water partition coefficient (Wildman–Crippen LogP) is 2.57. The summed E-state index contributed by atoms with van der Waals surface area (Å²) in [7, 11) is 1.22. The lowest BCUT2D eigenvalue weighted by atomic mass is 10.0. The van der Waals surface area contributed by atoms with Gasteiger partial charge in [0, 0.05) is 12.0 Å². The summed E-state index contributed by atoms with van der Waals surface area (Å²) in [6.45, 7) is -1.25. The van der Waals surface area contributed by atoms with Crippen molar-refractivity contribution in [2.75, 3.05) is 13.7 Å². The molecule has 0 aliphatic carbocycles. The molecule has 7 heteroatoms. The van der Waals surface area contributed by atoms with E-state index in [2.05, 4.69) is 9.47 Å². The zero-order valence-corrected chi connectivity index (χ0v) is 11.7. The van der Waals surface area contributed by atoms with Crippen LogP contribution in [0.15, 0.2) is 18.2 Å². The Morgan fingerprint density at radius 2 is 2.00 bits per heavy atom.